The predicted molar refractivity (Wildman–Crippen MR) is 80.1 cm³/mol. The lowest BCUT2D eigenvalue weighted by molar-refractivity contribution is 0.101. The lowest BCUT2D eigenvalue weighted by Crippen LogP contribution is -2.14. The van der Waals surface area contributed by atoms with Crippen LogP contribution in [0.4, 0.5) is 5.69 Å². The SMILES string of the molecule is CCCc1nc(C(=O)Nc2cnc3ccccc3c2)n[nH]1. The molecule has 0 bridgehead atoms. The van der Waals surface area contributed by atoms with Crippen molar-refractivity contribution in [3.8, 4) is 0 Å². The molecule has 0 radical (unpaired) electrons. The molecule has 2 N–H and O–H groups in total. The summed E-state index contributed by atoms with van der Waals surface area (Å²) in [5.41, 5.74) is 1.51. The van der Waals surface area contributed by atoms with Gasteiger partial charge in [-0.05, 0) is 18.6 Å². The zero-order valence-corrected chi connectivity index (χ0v) is 11.6. The summed E-state index contributed by atoms with van der Waals surface area (Å²) in [5, 5.41) is 10.4. The van der Waals surface area contributed by atoms with Gasteiger partial charge in [0.05, 0.1) is 17.4 Å². The number of nitrogens with zero attached hydrogens (tertiary/aromatic N) is 3. The van der Waals surface area contributed by atoms with E-state index in [0.29, 0.717) is 5.69 Å². The second-order valence-corrected chi connectivity index (χ2v) is 4.73. The second-order valence-electron chi connectivity index (χ2n) is 4.73. The average Bonchev–Trinajstić information content (AvgIpc) is 2.96. The van der Waals surface area contributed by atoms with Crippen LogP contribution in [0.25, 0.3) is 10.9 Å². The number of benzene rings is 1. The van der Waals surface area contributed by atoms with Gasteiger partial charge in [-0.1, -0.05) is 25.1 Å². The smallest absolute Gasteiger partial charge is 0.295 e. The number of carbonyl (C=O) groups is 1. The maximum absolute atomic E-state index is 12.1. The predicted octanol–water partition coefficient (Wildman–Crippen LogP) is 2.56. The minimum atomic E-state index is -0.342. The molecule has 3 aromatic rings. The molecular formula is C15H15N5O. The van der Waals surface area contributed by atoms with Gasteiger partial charge in [-0.15, -0.1) is 5.10 Å². The number of fused-ring (bicyclic) bond motifs is 1. The molecule has 1 aromatic carbocycles. The standard InChI is InChI=1S/C15H15N5O/c1-2-5-13-18-14(20-19-13)15(21)17-11-8-10-6-3-4-7-12(10)16-9-11/h3-4,6-9H,2,5H2,1H3,(H,17,21)(H,18,19,20). The van der Waals surface area contributed by atoms with Crippen LogP contribution in [0.2, 0.25) is 0 Å². The molecule has 3 rings (SSSR count). The average molecular weight is 281 g/mol. The fourth-order valence-corrected chi connectivity index (χ4v) is 2.07. The molecule has 6 nitrogen and oxygen atoms in total. The topological polar surface area (TPSA) is 83.6 Å². The molecule has 0 fully saturated rings. The van der Waals surface area contributed by atoms with Gasteiger partial charge in [0.2, 0.25) is 5.82 Å². The summed E-state index contributed by atoms with van der Waals surface area (Å²) in [6.07, 6.45) is 3.35. The molecule has 0 aliphatic rings. The first-order chi connectivity index (χ1) is 10.3. The van der Waals surface area contributed by atoms with Crippen LogP contribution in [0, 0.1) is 0 Å². The fraction of sp³-hybridized carbons (Fsp3) is 0.200. The molecule has 6 heteroatoms. The normalized spacial score (nSPS) is 10.7. The van der Waals surface area contributed by atoms with E-state index in [-0.39, 0.29) is 11.7 Å². The molecule has 0 saturated carbocycles. The number of nitrogens with one attached hydrogen (secondary N) is 2. The summed E-state index contributed by atoms with van der Waals surface area (Å²) in [5.74, 6) is 0.525. The summed E-state index contributed by atoms with van der Waals surface area (Å²) in [4.78, 5) is 20.5. The van der Waals surface area contributed by atoms with Crippen LogP contribution in [0.5, 0.6) is 0 Å². The Morgan fingerprint density at radius 2 is 2.19 bits per heavy atom. The second kappa shape index (κ2) is 5.70. The minimum absolute atomic E-state index is 0.145. The molecule has 1 amide bonds. The number of aromatic amines is 1. The first-order valence-electron chi connectivity index (χ1n) is 6.83. The third-order valence-electron chi connectivity index (χ3n) is 3.07. The number of hydrogen-bond acceptors (Lipinski definition) is 4. The number of rotatable bonds is 4. The molecule has 0 aliphatic carbocycles. The van der Waals surface area contributed by atoms with Gasteiger partial charge in [-0.25, -0.2) is 4.98 Å². The lowest BCUT2D eigenvalue weighted by atomic mass is 10.2. The summed E-state index contributed by atoms with van der Waals surface area (Å²) in [7, 11) is 0. The minimum Gasteiger partial charge on any atom is -0.318 e. The van der Waals surface area contributed by atoms with Crippen molar-refractivity contribution >= 4 is 22.5 Å². The zero-order valence-electron chi connectivity index (χ0n) is 11.6. The number of para-hydroxylation sites is 1. The molecule has 106 valence electrons. The van der Waals surface area contributed by atoms with Gasteiger partial charge in [-0.3, -0.25) is 14.9 Å². The number of carbonyl (C=O) groups excluding carboxylic acids is 1. The van der Waals surface area contributed by atoms with E-state index in [9.17, 15) is 4.79 Å². The quantitative estimate of drug-likeness (QED) is 0.769. The van der Waals surface area contributed by atoms with Crippen molar-refractivity contribution in [2.24, 2.45) is 0 Å². The maximum Gasteiger partial charge on any atom is 0.295 e. The Kier molecular flexibility index (Phi) is 3.59. The Bertz CT molecular complexity index is 780. The van der Waals surface area contributed by atoms with Crippen LogP contribution < -0.4 is 5.32 Å². The van der Waals surface area contributed by atoms with Crippen LogP contribution in [0.1, 0.15) is 29.8 Å². The van der Waals surface area contributed by atoms with E-state index in [2.05, 4.69) is 25.5 Å². The number of hydrogen-bond donors (Lipinski definition) is 2. The lowest BCUT2D eigenvalue weighted by Gasteiger charge is -2.03. The van der Waals surface area contributed by atoms with Gasteiger partial charge >= 0.3 is 0 Å². The number of aryl methyl sites for hydroxylation is 1. The molecule has 0 unspecified atom stereocenters. The van der Waals surface area contributed by atoms with Crippen molar-refractivity contribution in [1.29, 1.82) is 0 Å². The molecule has 0 atom stereocenters. The number of H-pyrrole nitrogens is 1. The summed E-state index contributed by atoms with van der Waals surface area (Å²) >= 11 is 0. The van der Waals surface area contributed by atoms with Crippen LogP contribution >= 0.6 is 0 Å². The van der Waals surface area contributed by atoms with Gasteiger partial charge < -0.3 is 5.32 Å². The van der Waals surface area contributed by atoms with E-state index in [4.69, 9.17) is 0 Å². The summed E-state index contributed by atoms with van der Waals surface area (Å²) < 4.78 is 0. The molecule has 0 aliphatic heterocycles. The van der Waals surface area contributed by atoms with Crippen LogP contribution in [-0.4, -0.2) is 26.1 Å². The van der Waals surface area contributed by atoms with Crippen LogP contribution in [0.15, 0.2) is 36.5 Å². The molecule has 0 saturated heterocycles. The maximum atomic E-state index is 12.1. The van der Waals surface area contributed by atoms with Crippen molar-refractivity contribution in [2.45, 2.75) is 19.8 Å². The monoisotopic (exact) mass is 281 g/mol. The molecule has 2 aromatic heterocycles. The highest BCUT2D eigenvalue weighted by Crippen LogP contribution is 2.16. The van der Waals surface area contributed by atoms with Gasteiger partial charge in [0.25, 0.3) is 5.91 Å². The van der Waals surface area contributed by atoms with Gasteiger partial charge in [0, 0.05) is 11.8 Å². The third-order valence-corrected chi connectivity index (χ3v) is 3.07. The third kappa shape index (κ3) is 2.89. The summed E-state index contributed by atoms with van der Waals surface area (Å²) in [6, 6.07) is 9.61. The first kappa shape index (κ1) is 13.2. The molecule has 2 heterocycles. The van der Waals surface area contributed by atoms with Crippen molar-refractivity contribution in [1.82, 2.24) is 20.2 Å². The van der Waals surface area contributed by atoms with Crippen molar-refractivity contribution in [3.63, 3.8) is 0 Å². The van der Waals surface area contributed by atoms with Crippen molar-refractivity contribution < 1.29 is 4.79 Å². The highest BCUT2D eigenvalue weighted by Gasteiger charge is 2.12. The Morgan fingerprint density at radius 3 is 3.05 bits per heavy atom. The number of aromatic nitrogens is 4. The first-order valence-corrected chi connectivity index (χ1v) is 6.83. The molecule has 0 spiro atoms. The van der Waals surface area contributed by atoms with Crippen LogP contribution in [0.3, 0.4) is 0 Å². The Morgan fingerprint density at radius 1 is 1.33 bits per heavy atom. The summed E-state index contributed by atoms with van der Waals surface area (Å²) in [6.45, 7) is 2.04. The van der Waals surface area contributed by atoms with E-state index in [1.54, 1.807) is 6.20 Å². The highest BCUT2D eigenvalue weighted by molar-refractivity contribution is 6.02. The Labute approximate surface area is 121 Å². The van der Waals surface area contributed by atoms with Crippen molar-refractivity contribution in [2.75, 3.05) is 5.32 Å². The molecular weight excluding hydrogens is 266 g/mol. The van der Waals surface area contributed by atoms with E-state index in [1.807, 2.05) is 37.3 Å². The number of amides is 1. The van der Waals surface area contributed by atoms with Crippen molar-refractivity contribution in [3.05, 3.63) is 48.2 Å². The van der Waals surface area contributed by atoms with Gasteiger partial charge in [-0.2, -0.15) is 0 Å². The van der Waals surface area contributed by atoms with Crippen LogP contribution in [-0.2, 0) is 6.42 Å². The number of pyridine rings is 1. The van der Waals surface area contributed by atoms with Gasteiger partial charge in [0.15, 0.2) is 0 Å². The molecule has 21 heavy (non-hydrogen) atoms. The Hall–Kier alpha value is -2.76. The highest BCUT2D eigenvalue weighted by atomic mass is 16.2. The fourth-order valence-electron chi connectivity index (χ4n) is 2.07. The zero-order chi connectivity index (χ0) is 14.7. The largest absolute Gasteiger partial charge is 0.318 e. The van der Waals surface area contributed by atoms with E-state index in [1.165, 1.54) is 0 Å². The van der Waals surface area contributed by atoms with E-state index in [0.717, 1.165) is 29.6 Å². The number of anilines is 1. The van der Waals surface area contributed by atoms with Gasteiger partial charge in [0.1, 0.15) is 5.82 Å². The van der Waals surface area contributed by atoms with E-state index >= 15 is 0 Å². The Balaban J connectivity index is 1.78. The van der Waals surface area contributed by atoms with E-state index < -0.39 is 0 Å².